The average Bonchev–Trinajstić information content (AvgIpc) is 3.30. The highest BCUT2D eigenvalue weighted by molar-refractivity contribution is 5.32. The minimum Gasteiger partial charge on any atom is -0.497 e. The molecular weight excluding hydrogens is 314 g/mol. The van der Waals surface area contributed by atoms with Crippen molar-refractivity contribution in [3.8, 4) is 5.75 Å². The number of benzene rings is 1. The molecule has 25 heavy (non-hydrogen) atoms. The van der Waals surface area contributed by atoms with Crippen LogP contribution in [0.3, 0.4) is 0 Å². The van der Waals surface area contributed by atoms with Crippen LogP contribution < -0.4 is 10.1 Å². The zero-order valence-electron chi connectivity index (χ0n) is 15.3. The fourth-order valence-corrected chi connectivity index (χ4v) is 3.93. The van der Waals surface area contributed by atoms with Crippen molar-refractivity contribution in [2.75, 3.05) is 13.7 Å². The molecule has 0 spiro atoms. The number of nitrogens with zero attached hydrogens (tertiary/aromatic N) is 2. The zero-order chi connectivity index (χ0) is 17.4. The molecule has 0 amide bonds. The van der Waals surface area contributed by atoms with Crippen molar-refractivity contribution in [1.82, 2.24) is 15.2 Å². The van der Waals surface area contributed by atoms with E-state index >= 15 is 0 Å². The van der Waals surface area contributed by atoms with E-state index in [2.05, 4.69) is 33.4 Å². The zero-order valence-corrected chi connectivity index (χ0v) is 15.3. The maximum absolute atomic E-state index is 5.73. The fraction of sp³-hybridized carbons (Fsp3) is 0.550. The molecule has 1 aromatic heterocycles. The Kier molecular flexibility index (Phi) is 4.52. The van der Waals surface area contributed by atoms with Gasteiger partial charge >= 0.3 is 0 Å². The van der Waals surface area contributed by atoms with E-state index in [4.69, 9.17) is 9.15 Å². The molecule has 2 aromatic rings. The first kappa shape index (κ1) is 16.6. The molecule has 1 aromatic carbocycles. The number of aryl methyl sites for hydroxylation is 2. The number of hydrogen-bond acceptors (Lipinski definition) is 5. The maximum atomic E-state index is 5.73. The molecule has 2 heterocycles. The Morgan fingerprint density at radius 1 is 1.28 bits per heavy atom. The van der Waals surface area contributed by atoms with Crippen LogP contribution in [0.15, 0.2) is 28.7 Å². The highest BCUT2D eigenvalue weighted by Crippen LogP contribution is 2.41. The Morgan fingerprint density at radius 2 is 2.12 bits per heavy atom. The number of hydrogen-bond donors (Lipinski definition) is 1. The normalized spacial score (nSPS) is 24.0. The summed E-state index contributed by atoms with van der Waals surface area (Å²) in [5.74, 6) is 2.62. The molecule has 1 saturated carbocycles. The molecule has 0 bridgehead atoms. The molecule has 2 fully saturated rings. The van der Waals surface area contributed by atoms with Gasteiger partial charge < -0.3 is 14.5 Å². The molecule has 4 rings (SSSR count). The number of rotatable bonds is 6. The quantitative estimate of drug-likeness (QED) is 0.873. The summed E-state index contributed by atoms with van der Waals surface area (Å²) in [6, 6.07) is 10.0. The van der Waals surface area contributed by atoms with Crippen molar-refractivity contribution in [1.29, 1.82) is 0 Å². The highest BCUT2D eigenvalue weighted by atomic mass is 16.5. The van der Waals surface area contributed by atoms with Crippen molar-refractivity contribution in [2.24, 2.45) is 0 Å². The molecule has 1 aliphatic heterocycles. The molecule has 1 N–H and O–H groups in total. The molecule has 1 saturated heterocycles. The second-order valence-corrected chi connectivity index (χ2v) is 7.22. The van der Waals surface area contributed by atoms with Crippen molar-refractivity contribution in [2.45, 2.75) is 57.8 Å². The van der Waals surface area contributed by atoms with Gasteiger partial charge in [0.15, 0.2) is 0 Å². The second-order valence-electron chi connectivity index (χ2n) is 7.22. The number of nitrogens with one attached hydrogen (secondary N) is 1. The van der Waals surface area contributed by atoms with E-state index in [1.54, 1.807) is 7.11 Å². The number of likely N-dealkylation sites (tertiary alicyclic amines) is 1. The summed E-state index contributed by atoms with van der Waals surface area (Å²) < 4.78 is 11.2. The van der Waals surface area contributed by atoms with Gasteiger partial charge in [0.25, 0.3) is 0 Å². The van der Waals surface area contributed by atoms with Gasteiger partial charge in [0, 0.05) is 18.6 Å². The lowest BCUT2D eigenvalue weighted by atomic mass is 9.99. The lowest BCUT2D eigenvalue weighted by Crippen LogP contribution is -2.36. The Bertz CT molecular complexity index is 719. The van der Waals surface area contributed by atoms with Gasteiger partial charge in [-0.3, -0.25) is 4.90 Å². The van der Waals surface area contributed by atoms with Gasteiger partial charge in [-0.05, 0) is 50.8 Å². The topological polar surface area (TPSA) is 50.5 Å². The number of methoxy groups -OCH3 is 1. The van der Waals surface area contributed by atoms with Gasteiger partial charge in [0.1, 0.15) is 11.5 Å². The minimum atomic E-state index is 0.389. The monoisotopic (exact) mass is 341 g/mol. The van der Waals surface area contributed by atoms with Crippen LogP contribution in [0.4, 0.5) is 0 Å². The third kappa shape index (κ3) is 3.44. The van der Waals surface area contributed by atoms with E-state index in [1.165, 1.54) is 18.4 Å². The van der Waals surface area contributed by atoms with E-state index in [0.29, 0.717) is 18.6 Å². The summed E-state index contributed by atoms with van der Waals surface area (Å²) in [7, 11) is 1.73. The van der Waals surface area contributed by atoms with Gasteiger partial charge in [-0.15, -0.1) is 0 Å². The molecular formula is C20H27N3O2. The molecule has 5 nitrogen and oxygen atoms in total. The Labute approximate surface area is 149 Å². The molecule has 134 valence electrons. The smallest absolute Gasteiger partial charge is 0.208 e. The second kappa shape index (κ2) is 6.81. The van der Waals surface area contributed by atoms with E-state index in [1.807, 2.05) is 19.9 Å². The predicted molar refractivity (Wildman–Crippen MR) is 96.7 cm³/mol. The van der Waals surface area contributed by atoms with Gasteiger partial charge in [-0.2, -0.15) is 0 Å². The summed E-state index contributed by atoms with van der Waals surface area (Å²) in [4.78, 5) is 7.17. The average molecular weight is 341 g/mol. The first-order valence-corrected chi connectivity index (χ1v) is 9.21. The predicted octanol–water partition coefficient (Wildman–Crippen LogP) is 3.37. The van der Waals surface area contributed by atoms with Crippen molar-refractivity contribution < 1.29 is 9.15 Å². The maximum Gasteiger partial charge on any atom is 0.208 e. The van der Waals surface area contributed by atoms with Gasteiger partial charge in [0.2, 0.25) is 5.89 Å². The highest BCUT2D eigenvalue weighted by Gasteiger charge is 2.42. The lowest BCUT2D eigenvalue weighted by Gasteiger charge is -2.29. The third-order valence-corrected chi connectivity index (χ3v) is 5.48. The van der Waals surface area contributed by atoms with Crippen LogP contribution in [0.5, 0.6) is 5.75 Å². The fourth-order valence-electron chi connectivity index (χ4n) is 3.93. The van der Waals surface area contributed by atoms with Crippen molar-refractivity contribution >= 4 is 0 Å². The molecule has 2 aliphatic rings. The Balaban J connectivity index is 1.52. The summed E-state index contributed by atoms with van der Waals surface area (Å²) in [6.45, 7) is 5.78. The van der Waals surface area contributed by atoms with Gasteiger partial charge in [-0.1, -0.05) is 12.1 Å². The first-order chi connectivity index (χ1) is 12.2. The van der Waals surface area contributed by atoms with Crippen LogP contribution in [0.1, 0.15) is 48.2 Å². The van der Waals surface area contributed by atoms with E-state index in [9.17, 15) is 0 Å². The minimum absolute atomic E-state index is 0.389. The SMILES string of the molecule is COc1cccc(C2C(NCc3nc(C)c(C)o3)CCN2C2CC2)c1. The van der Waals surface area contributed by atoms with Crippen molar-refractivity contribution in [3.05, 3.63) is 47.2 Å². The summed E-state index contributed by atoms with van der Waals surface area (Å²) in [5.41, 5.74) is 2.31. The number of aromatic nitrogens is 1. The molecule has 2 atom stereocenters. The van der Waals surface area contributed by atoms with Crippen molar-refractivity contribution in [3.63, 3.8) is 0 Å². The molecule has 2 unspecified atom stereocenters. The lowest BCUT2D eigenvalue weighted by molar-refractivity contribution is 0.224. The van der Waals surface area contributed by atoms with Gasteiger partial charge in [-0.25, -0.2) is 4.98 Å². The summed E-state index contributed by atoms with van der Waals surface area (Å²) in [5, 5.41) is 3.70. The van der Waals surface area contributed by atoms with E-state index in [-0.39, 0.29) is 0 Å². The molecule has 0 radical (unpaired) electrons. The Morgan fingerprint density at radius 3 is 2.80 bits per heavy atom. The van der Waals surface area contributed by atoms with Crippen LogP contribution in [-0.2, 0) is 6.54 Å². The van der Waals surface area contributed by atoms with Crippen LogP contribution in [0, 0.1) is 13.8 Å². The van der Waals surface area contributed by atoms with Crippen LogP contribution >= 0.6 is 0 Å². The molecule has 1 aliphatic carbocycles. The van der Waals surface area contributed by atoms with Gasteiger partial charge in [0.05, 0.1) is 25.4 Å². The van der Waals surface area contributed by atoms with Crippen LogP contribution in [0.25, 0.3) is 0 Å². The van der Waals surface area contributed by atoms with Crippen LogP contribution in [-0.4, -0.2) is 35.6 Å². The standard InChI is InChI=1S/C20H27N3O2/c1-13-14(2)25-19(22-13)12-21-18-9-10-23(16-7-8-16)20(18)15-5-4-6-17(11-15)24-3/h4-6,11,16,18,20-21H,7-10,12H2,1-3H3. The summed E-state index contributed by atoms with van der Waals surface area (Å²) >= 11 is 0. The first-order valence-electron chi connectivity index (χ1n) is 9.21. The van der Waals surface area contributed by atoms with Crippen LogP contribution in [0.2, 0.25) is 0 Å². The summed E-state index contributed by atoms with van der Waals surface area (Å²) in [6.07, 6.45) is 3.80. The van der Waals surface area contributed by atoms with E-state index < -0.39 is 0 Å². The number of oxazole rings is 1. The largest absolute Gasteiger partial charge is 0.497 e. The molecule has 5 heteroatoms. The third-order valence-electron chi connectivity index (χ3n) is 5.48. The number of ether oxygens (including phenoxy) is 1. The Hall–Kier alpha value is -1.85. The van der Waals surface area contributed by atoms with E-state index in [0.717, 1.165) is 42.1 Å².